The number of hydrogen-bond acceptors (Lipinski definition) is 6. The standard InChI is InChI=1S/C21H17N3O5S/c1-29-17-10-9-14(12-18(17)30(27,28)23-15-6-3-2-4-7-15)13-24-20(25)16-8-5-11-22-19(16)21(24)26/h2-12,23H,13H2,1H3. The van der Waals surface area contributed by atoms with E-state index in [9.17, 15) is 18.0 Å². The molecule has 4 rings (SSSR count). The zero-order chi connectivity index (χ0) is 21.3. The lowest BCUT2D eigenvalue weighted by Gasteiger charge is -2.16. The summed E-state index contributed by atoms with van der Waals surface area (Å²) in [6.45, 7) is -0.0914. The number of amides is 2. The second-order valence-electron chi connectivity index (χ2n) is 6.55. The van der Waals surface area contributed by atoms with E-state index in [-0.39, 0.29) is 28.4 Å². The van der Waals surface area contributed by atoms with Gasteiger partial charge in [-0.1, -0.05) is 24.3 Å². The highest BCUT2D eigenvalue weighted by molar-refractivity contribution is 7.92. The summed E-state index contributed by atoms with van der Waals surface area (Å²) in [6, 6.07) is 16.1. The average molecular weight is 423 g/mol. The van der Waals surface area contributed by atoms with E-state index in [1.54, 1.807) is 42.5 Å². The maximum atomic E-state index is 12.9. The summed E-state index contributed by atoms with van der Waals surface area (Å²) in [5.74, 6) is -0.838. The lowest BCUT2D eigenvalue weighted by atomic mass is 10.2. The van der Waals surface area contributed by atoms with Crippen molar-refractivity contribution < 1.29 is 22.7 Å². The molecule has 0 atom stereocenters. The van der Waals surface area contributed by atoms with Crippen molar-refractivity contribution in [3.8, 4) is 5.75 Å². The number of hydrogen-bond donors (Lipinski definition) is 1. The molecule has 2 heterocycles. The van der Waals surface area contributed by atoms with Crippen LogP contribution in [0.15, 0.2) is 71.8 Å². The van der Waals surface area contributed by atoms with Gasteiger partial charge in [0.25, 0.3) is 21.8 Å². The minimum atomic E-state index is -3.97. The zero-order valence-electron chi connectivity index (χ0n) is 15.9. The van der Waals surface area contributed by atoms with E-state index >= 15 is 0 Å². The van der Waals surface area contributed by atoms with E-state index in [1.165, 1.54) is 31.5 Å². The Morgan fingerprint density at radius 1 is 1.00 bits per heavy atom. The number of carbonyl (C=O) groups excluding carboxylic acids is 2. The summed E-state index contributed by atoms with van der Waals surface area (Å²) < 4.78 is 33.6. The van der Waals surface area contributed by atoms with Gasteiger partial charge < -0.3 is 4.74 Å². The van der Waals surface area contributed by atoms with Crippen molar-refractivity contribution in [2.45, 2.75) is 11.4 Å². The molecule has 2 amide bonds. The maximum absolute atomic E-state index is 12.9. The molecule has 2 aromatic carbocycles. The van der Waals surface area contributed by atoms with Crippen LogP contribution in [0.25, 0.3) is 0 Å². The first-order chi connectivity index (χ1) is 14.4. The topological polar surface area (TPSA) is 106 Å². The van der Waals surface area contributed by atoms with Crippen LogP contribution < -0.4 is 9.46 Å². The number of aromatic nitrogens is 1. The van der Waals surface area contributed by atoms with Crippen LogP contribution in [0.1, 0.15) is 26.4 Å². The molecule has 1 aliphatic rings. The third-order valence-electron chi connectivity index (χ3n) is 4.62. The predicted octanol–water partition coefficient (Wildman–Crippen LogP) is 2.69. The average Bonchev–Trinajstić information content (AvgIpc) is 2.99. The third kappa shape index (κ3) is 3.50. The van der Waals surface area contributed by atoms with Gasteiger partial charge in [-0.3, -0.25) is 24.2 Å². The largest absolute Gasteiger partial charge is 0.495 e. The Labute approximate surface area is 173 Å². The Hall–Kier alpha value is -3.72. The second-order valence-corrected chi connectivity index (χ2v) is 8.20. The zero-order valence-corrected chi connectivity index (χ0v) is 16.7. The number of nitrogens with one attached hydrogen (secondary N) is 1. The van der Waals surface area contributed by atoms with Crippen LogP contribution in [-0.4, -0.2) is 37.2 Å². The highest BCUT2D eigenvalue weighted by atomic mass is 32.2. The minimum absolute atomic E-state index is 0.0914. The molecule has 0 unspecified atom stereocenters. The molecule has 0 saturated heterocycles. The van der Waals surface area contributed by atoms with Gasteiger partial charge in [-0.15, -0.1) is 0 Å². The van der Waals surface area contributed by atoms with Crippen LogP contribution in [-0.2, 0) is 16.6 Å². The molecule has 1 N–H and O–H groups in total. The molecule has 3 aromatic rings. The number of fused-ring (bicyclic) bond motifs is 1. The Morgan fingerprint density at radius 3 is 2.47 bits per heavy atom. The van der Waals surface area contributed by atoms with Gasteiger partial charge in [0.1, 0.15) is 16.3 Å². The number of anilines is 1. The number of benzene rings is 2. The molecule has 0 saturated carbocycles. The van der Waals surface area contributed by atoms with Crippen LogP contribution in [0.4, 0.5) is 5.69 Å². The number of sulfonamides is 1. The van der Waals surface area contributed by atoms with E-state index < -0.39 is 21.8 Å². The monoisotopic (exact) mass is 423 g/mol. The Bertz CT molecular complexity index is 1210. The highest BCUT2D eigenvalue weighted by Crippen LogP contribution is 2.29. The van der Waals surface area contributed by atoms with Crippen LogP contribution in [0.2, 0.25) is 0 Å². The SMILES string of the molecule is COc1ccc(CN2C(=O)c3cccnc3C2=O)cc1S(=O)(=O)Nc1ccccc1. The van der Waals surface area contributed by atoms with Crippen LogP contribution in [0.3, 0.4) is 0 Å². The van der Waals surface area contributed by atoms with Crippen molar-refractivity contribution >= 4 is 27.5 Å². The summed E-state index contributed by atoms with van der Waals surface area (Å²) in [5.41, 5.74) is 1.18. The molecule has 1 aromatic heterocycles. The molecule has 8 nitrogen and oxygen atoms in total. The molecule has 0 aliphatic carbocycles. The van der Waals surface area contributed by atoms with E-state index in [1.807, 2.05) is 0 Å². The normalized spacial score (nSPS) is 13.3. The first-order valence-corrected chi connectivity index (χ1v) is 10.4. The first kappa shape index (κ1) is 19.6. The van der Waals surface area contributed by atoms with Crippen LogP contribution in [0.5, 0.6) is 5.75 Å². The van der Waals surface area contributed by atoms with Gasteiger partial charge in [0.2, 0.25) is 0 Å². The van der Waals surface area contributed by atoms with Crippen molar-refractivity contribution in [2.75, 3.05) is 11.8 Å². The van der Waals surface area contributed by atoms with Crippen molar-refractivity contribution in [3.05, 3.63) is 83.7 Å². The summed E-state index contributed by atoms with van der Waals surface area (Å²) in [7, 11) is -2.60. The Morgan fingerprint density at radius 2 is 1.77 bits per heavy atom. The molecule has 9 heteroatoms. The number of carbonyl (C=O) groups is 2. The fraction of sp³-hybridized carbons (Fsp3) is 0.0952. The number of ether oxygens (including phenoxy) is 1. The predicted molar refractivity (Wildman–Crippen MR) is 109 cm³/mol. The molecule has 152 valence electrons. The summed E-state index contributed by atoms with van der Waals surface area (Å²) in [6.07, 6.45) is 1.45. The van der Waals surface area contributed by atoms with Crippen molar-refractivity contribution in [2.24, 2.45) is 0 Å². The molecule has 0 radical (unpaired) electrons. The van der Waals surface area contributed by atoms with Gasteiger partial charge in [0, 0.05) is 11.9 Å². The van der Waals surface area contributed by atoms with Gasteiger partial charge in [-0.05, 0) is 42.0 Å². The maximum Gasteiger partial charge on any atom is 0.280 e. The van der Waals surface area contributed by atoms with Gasteiger partial charge in [-0.25, -0.2) is 8.42 Å². The second kappa shape index (κ2) is 7.60. The van der Waals surface area contributed by atoms with Crippen molar-refractivity contribution in [3.63, 3.8) is 0 Å². The lowest BCUT2D eigenvalue weighted by Crippen LogP contribution is -2.29. The number of para-hydroxylation sites is 1. The fourth-order valence-corrected chi connectivity index (χ4v) is 4.46. The van der Waals surface area contributed by atoms with Crippen LogP contribution >= 0.6 is 0 Å². The molecule has 30 heavy (non-hydrogen) atoms. The van der Waals surface area contributed by atoms with Crippen molar-refractivity contribution in [1.82, 2.24) is 9.88 Å². The number of imide groups is 1. The minimum Gasteiger partial charge on any atom is -0.495 e. The van der Waals surface area contributed by atoms with Crippen molar-refractivity contribution in [1.29, 1.82) is 0 Å². The van der Waals surface area contributed by atoms with Gasteiger partial charge in [-0.2, -0.15) is 0 Å². The van der Waals surface area contributed by atoms with Gasteiger partial charge in [0.15, 0.2) is 0 Å². The number of pyridine rings is 1. The van der Waals surface area contributed by atoms with Gasteiger partial charge >= 0.3 is 0 Å². The van der Waals surface area contributed by atoms with Gasteiger partial charge in [0.05, 0.1) is 19.2 Å². The quantitative estimate of drug-likeness (QED) is 0.611. The number of rotatable bonds is 6. The van der Waals surface area contributed by atoms with E-state index in [0.717, 1.165) is 4.90 Å². The third-order valence-corrected chi connectivity index (χ3v) is 6.02. The Balaban J connectivity index is 1.65. The van der Waals surface area contributed by atoms with E-state index in [2.05, 4.69) is 9.71 Å². The van der Waals surface area contributed by atoms with E-state index in [0.29, 0.717) is 11.3 Å². The fourth-order valence-electron chi connectivity index (χ4n) is 3.19. The number of nitrogens with zero attached hydrogens (tertiary/aromatic N) is 2. The molecule has 0 spiro atoms. The molecule has 0 fully saturated rings. The molecule has 1 aliphatic heterocycles. The molecular weight excluding hydrogens is 406 g/mol. The van der Waals surface area contributed by atoms with Crippen LogP contribution in [0, 0.1) is 0 Å². The molecular formula is C21H17N3O5S. The summed E-state index contributed by atoms with van der Waals surface area (Å²) in [5, 5.41) is 0. The summed E-state index contributed by atoms with van der Waals surface area (Å²) >= 11 is 0. The molecule has 0 bridgehead atoms. The Kier molecular flexibility index (Phi) is 4.96. The summed E-state index contributed by atoms with van der Waals surface area (Å²) in [4.78, 5) is 30.0. The first-order valence-electron chi connectivity index (χ1n) is 8.97. The van der Waals surface area contributed by atoms with E-state index in [4.69, 9.17) is 4.74 Å². The smallest absolute Gasteiger partial charge is 0.280 e. The number of methoxy groups -OCH3 is 1. The highest BCUT2D eigenvalue weighted by Gasteiger charge is 2.36. The lowest BCUT2D eigenvalue weighted by molar-refractivity contribution is 0.0640.